The SMILES string of the molecule is C#Cc1cccc(NC(=O)/C=C\C(=O)N2CCCc3ccccc32)c1. The number of hydrogen-bond donors (Lipinski definition) is 1. The van der Waals surface area contributed by atoms with Gasteiger partial charge in [0.15, 0.2) is 0 Å². The second kappa shape index (κ2) is 7.50. The molecule has 4 heteroatoms. The number of anilines is 2. The van der Waals surface area contributed by atoms with Crippen LogP contribution in [-0.2, 0) is 16.0 Å². The van der Waals surface area contributed by atoms with Gasteiger partial charge in [-0.2, -0.15) is 0 Å². The Kier molecular flexibility index (Phi) is 4.96. The van der Waals surface area contributed by atoms with Crippen LogP contribution in [0.2, 0.25) is 0 Å². The molecule has 0 saturated heterocycles. The number of carbonyl (C=O) groups excluding carboxylic acids is 2. The fourth-order valence-corrected chi connectivity index (χ4v) is 2.87. The van der Waals surface area contributed by atoms with Gasteiger partial charge in [0.25, 0.3) is 5.91 Å². The van der Waals surface area contributed by atoms with Crippen molar-refractivity contribution in [3.8, 4) is 12.3 Å². The van der Waals surface area contributed by atoms with Crippen molar-refractivity contribution in [2.45, 2.75) is 12.8 Å². The molecule has 1 heterocycles. The first-order valence-electron chi connectivity index (χ1n) is 8.12. The zero-order chi connectivity index (χ0) is 17.6. The van der Waals surface area contributed by atoms with Gasteiger partial charge in [-0.05, 0) is 42.7 Å². The van der Waals surface area contributed by atoms with E-state index in [2.05, 4.69) is 11.2 Å². The van der Waals surface area contributed by atoms with E-state index in [4.69, 9.17) is 6.42 Å². The largest absolute Gasteiger partial charge is 0.322 e. The van der Waals surface area contributed by atoms with Crippen molar-refractivity contribution in [1.82, 2.24) is 0 Å². The van der Waals surface area contributed by atoms with E-state index in [9.17, 15) is 9.59 Å². The molecule has 1 aliphatic rings. The number of amides is 2. The molecule has 0 atom stereocenters. The molecule has 2 aromatic carbocycles. The van der Waals surface area contributed by atoms with E-state index in [1.807, 2.05) is 24.3 Å². The molecule has 0 aliphatic carbocycles. The summed E-state index contributed by atoms with van der Waals surface area (Å²) in [7, 11) is 0. The molecule has 0 fully saturated rings. The summed E-state index contributed by atoms with van der Waals surface area (Å²) in [6.45, 7) is 0.659. The van der Waals surface area contributed by atoms with Gasteiger partial charge in [0.1, 0.15) is 0 Å². The third-order valence-corrected chi connectivity index (χ3v) is 4.05. The highest BCUT2D eigenvalue weighted by Crippen LogP contribution is 2.26. The van der Waals surface area contributed by atoms with Crippen LogP contribution >= 0.6 is 0 Å². The van der Waals surface area contributed by atoms with Crippen LogP contribution in [0.3, 0.4) is 0 Å². The monoisotopic (exact) mass is 330 g/mol. The average Bonchev–Trinajstić information content (AvgIpc) is 2.65. The summed E-state index contributed by atoms with van der Waals surface area (Å²) in [5.74, 6) is 1.95. The van der Waals surface area contributed by atoms with Crippen LogP contribution < -0.4 is 10.2 Å². The molecule has 0 unspecified atom stereocenters. The first-order valence-corrected chi connectivity index (χ1v) is 8.12. The summed E-state index contributed by atoms with van der Waals surface area (Å²) in [6, 6.07) is 14.9. The van der Waals surface area contributed by atoms with E-state index in [1.54, 1.807) is 29.2 Å². The maximum Gasteiger partial charge on any atom is 0.251 e. The van der Waals surface area contributed by atoms with E-state index in [0.29, 0.717) is 17.8 Å². The first kappa shape index (κ1) is 16.5. The van der Waals surface area contributed by atoms with E-state index in [-0.39, 0.29) is 11.8 Å². The van der Waals surface area contributed by atoms with Gasteiger partial charge in [0.05, 0.1) is 0 Å². The Bertz CT molecular complexity index is 877. The lowest BCUT2D eigenvalue weighted by molar-refractivity contribution is -0.115. The van der Waals surface area contributed by atoms with E-state index < -0.39 is 0 Å². The van der Waals surface area contributed by atoms with Gasteiger partial charge in [-0.3, -0.25) is 9.59 Å². The van der Waals surface area contributed by atoms with Crippen LogP contribution in [0.5, 0.6) is 0 Å². The van der Waals surface area contributed by atoms with Crippen molar-refractivity contribution in [3.63, 3.8) is 0 Å². The normalized spacial score (nSPS) is 13.2. The van der Waals surface area contributed by atoms with Gasteiger partial charge in [0, 0.05) is 35.6 Å². The summed E-state index contributed by atoms with van der Waals surface area (Å²) in [5.41, 5.74) is 3.36. The third-order valence-electron chi connectivity index (χ3n) is 4.05. The highest BCUT2D eigenvalue weighted by molar-refractivity contribution is 6.08. The molecule has 1 aliphatic heterocycles. The minimum Gasteiger partial charge on any atom is -0.322 e. The third kappa shape index (κ3) is 3.96. The van der Waals surface area contributed by atoms with Gasteiger partial charge in [0.2, 0.25) is 5.91 Å². The summed E-state index contributed by atoms with van der Waals surface area (Å²) in [5, 5.41) is 2.70. The molecule has 1 N–H and O–H groups in total. The van der Waals surface area contributed by atoms with E-state index in [1.165, 1.54) is 12.2 Å². The number of rotatable bonds is 3. The average molecular weight is 330 g/mol. The van der Waals surface area contributed by atoms with Crippen molar-refractivity contribution in [2.24, 2.45) is 0 Å². The van der Waals surface area contributed by atoms with Crippen molar-refractivity contribution >= 4 is 23.2 Å². The number of nitrogens with zero attached hydrogens (tertiary/aromatic N) is 1. The topological polar surface area (TPSA) is 49.4 Å². The highest BCUT2D eigenvalue weighted by atomic mass is 16.2. The maximum atomic E-state index is 12.5. The molecule has 0 aromatic heterocycles. The minimum atomic E-state index is -0.368. The summed E-state index contributed by atoms with van der Waals surface area (Å²) in [4.78, 5) is 26.2. The smallest absolute Gasteiger partial charge is 0.251 e. The number of carbonyl (C=O) groups is 2. The Labute approximate surface area is 147 Å². The molecule has 0 spiro atoms. The fourth-order valence-electron chi connectivity index (χ4n) is 2.87. The van der Waals surface area contributed by atoms with Crippen molar-refractivity contribution < 1.29 is 9.59 Å². The van der Waals surface area contributed by atoms with Gasteiger partial charge in [-0.1, -0.05) is 30.2 Å². The van der Waals surface area contributed by atoms with Crippen LogP contribution in [-0.4, -0.2) is 18.4 Å². The Hall–Kier alpha value is -3.32. The van der Waals surface area contributed by atoms with Crippen molar-refractivity contribution in [3.05, 3.63) is 71.8 Å². The maximum absolute atomic E-state index is 12.5. The molecule has 4 nitrogen and oxygen atoms in total. The molecule has 124 valence electrons. The molecule has 3 rings (SSSR count). The van der Waals surface area contributed by atoms with Crippen LogP contribution in [0.1, 0.15) is 17.5 Å². The standard InChI is InChI=1S/C21H18N2O2/c1-2-16-7-5-10-18(15-16)22-20(24)12-13-21(25)23-14-6-9-17-8-3-4-11-19(17)23/h1,3-5,7-8,10-13,15H,6,9,14H2,(H,22,24)/b13-12-. The second-order valence-corrected chi connectivity index (χ2v) is 5.77. The lowest BCUT2D eigenvalue weighted by atomic mass is 10.0. The molecule has 0 radical (unpaired) electrons. The summed E-state index contributed by atoms with van der Waals surface area (Å²) in [6.07, 6.45) is 9.79. The minimum absolute atomic E-state index is 0.195. The molecular formula is C21H18N2O2. The Morgan fingerprint density at radius 3 is 2.80 bits per heavy atom. The Morgan fingerprint density at radius 2 is 1.96 bits per heavy atom. The zero-order valence-electron chi connectivity index (χ0n) is 13.7. The van der Waals surface area contributed by atoms with Gasteiger partial charge in [-0.25, -0.2) is 0 Å². The number of aryl methyl sites for hydroxylation is 1. The van der Waals surface area contributed by atoms with Crippen molar-refractivity contribution in [2.75, 3.05) is 16.8 Å². The van der Waals surface area contributed by atoms with Gasteiger partial charge < -0.3 is 10.2 Å². The molecule has 2 amide bonds. The Balaban J connectivity index is 1.67. The number of nitrogens with one attached hydrogen (secondary N) is 1. The highest BCUT2D eigenvalue weighted by Gasteiger charge is 2.20. The van der Waals surface area contributed by atoms with Crippen LogP contribution in [0.25, 0.3) is 0 Å². The van der Waals surface area contributed by atoms with Crippen LogP contribution in [0, 0.1) is 12.3 Å². The van der Waals surface area contributed by atoms with Crippen molar-refractivity contribution in [1.29, 1.82) is 0 Å². The predicted octanol–water partition coefficient (Wildman–Crippen LogP) is 3.14. The molecule has 2 aromatic rings. The Morgan fingerprint density at radius 1 is 1.12 bits per heavy atom. The molecule has 0 bridgehead atoms. The van der Waals surface area contributed by atoms with Crippen LogP contribution in [0.15, 0.2) is 60.7 Å². The molecule has 0 saturated carbocycles. The first-order chi connectivity index (χ1) is 12.2. The quantitative estimate of drug-likeness (QED) is 0.694. The predicted molar refractivity (Wildman–Crippen MR) is 99.3 cm³/mol. The lowest BCUT2D eigenvalue weighted by Gasteiger charge is -2.28. The molecular weight excluding hydrogens is 312 g/mol. The number of hydrogen-bond acceptors (Lipinski definition) is 2. The number of para-hydroxylation sites is 1. The summed E-state index contributed by atoms with van der Waals surface area (Å²) < 4.78 is 0. The fraction of sp³-hybridized carbons (Fsp3) is 0.143. The summed E-state index contributed by atoms with van der Waals surface area (Å²) >= 11 is 0. The van der Waals surface area contributed by atoms with Crippen LogP contribution in [0.4, 0.5) is 11.4 Å². The molecule has 25 heavy (non-hydrogen) atoms. The van der Waals surface area contributed by atoms with E-state index >= 15 is 0 Å². The van der Waals surface area contributed by atoms with Gasteiger partial charge >= 0.3 is 0 Å². The number of fused-ring (bicyclic) bond motifs is 1. The zero-order valence-corrected chi connectivity index (χ0v) is 13.7. The number of benzene rings is 2. The van der Waals surface area contributed by atoms with Gasteiger partial charge in [-0.15, -0.1) is 6.42 Å². The number of terminal acetylenes is 1. The second-order valence-electron chi connectivity index (χ2n) is 5.77. The lowest BCUT2D eigenvalue weighted by Crippen LogP contribution is -2.34. The van der Waals surface area contributed by atoms with E-state index in [0.717, 1.165) is 24.1 Å².